The van der Waals surface area contributed by atoms with E-state index in [1.54, 1.807) is 0 Å². The second kappa shape index (κ2) is 13.0. The van der Waals surface area contributed by atoms with Gasteiger partial charge >= 0.3 is 0 Å². The fourth-order valence-corrected chi connectivity index (χ4v) is 8.11. The van der Waals surface area contributed by atoms with E-state index in [0.29, 0.717) is 17.6 Å². The molecule has 0 aliphatic rings. The van der Waals surface area contributed by atoms with Crippen molar-refractivity contribution in [1.29, 1.82) is 0 Å². The Kier molecular flexibility index (Phi) is 7.42. The summed E-state index contributed by atoms with van der Waals surface area (Å²) in [4.78, 5) is 15.5. The molecule has 0 unspecified atom stereocenters. The summed E-state index contributed by atoms with van der Waals surface area (Å²) < 4.78 is 4.56. The highest BCUT2D eigenvalue weighted by molar-refractivity contribution is 6.19. The molecule has 0 atom stereocenters. The van der Waals surface area contributed by atoms with Crippen LogP contribution in [0.5, 0.6) is 0 Å². The number of hydrogen-bond acceptors (Lipinski definition) is 3. The topological polar surface area (TPSA) is 48.5 Å². The van der Waals surface area contributed by atoms with Crippen LogP contribution in [0.2, 0.25) is 0 Å². The molecule has 8 aromatic carbocycles. The molecule has 0 aliphatic carbocycles. The van der Waals surface area contributed by atoms with Crippen molar-refractivity contribution in [2.75, 3.05) is 0 Å². The molecule has 0 N–H and O–H groups in total. The maximum Gasteiger partial charge on any atom is 0.238 e. The number of fused-ring (bicyclic) bond motifs is 6. The quantitative estimate of drug-likeness (QED) is 0.172. The van der Waals surface area contributed by atoms with Gasteiger partial charge in [0.1, 0.15) is 0 Å². The van der Waals surface area contributed by atoms with Gasteiger partial charge in [-0.15, -0.1) is 0 Å². The Morgan fingerprint density at radius 2 is 0.661 bits per heavy atom. The minimum absolute atomic E-state index is 0.572. The van der Waals surface area contributed by atoms with Crippen molar-refractivity contribution >= 4 is 43.6 Å². The molecular formula is C51H33N5. The first kappa shape index (κ1) is 31.9. The molecule has 0 spiro atoms. The van der Waals surface area contributed by atoms with Gasteiger partial charge in [-0.2, -0.15) is 9.97 Å². The van der Waals surface area contributed by atoms with E-state index in [1.807, 2.05) is 24.3 Å². The number of nitrogens with zero attached hydrogens (tertiary/aromatic N) is 5. The van der Waals surface area contributed by atoms with E-state index >= 15 is 0 Å². The summed E-state index contributed by atoms with van der Waals surface area (Å²) in [5.74, 6) is 1.81. The zero-order valence-electron chi connectivity index (χ0n) is 30.3. The molecule has 0 fully saturated rings. The van der Waals surface area contributed by atoms with Crippen LogP contribution in [0.1, 0.15) is 0 Å². The first-order valence-corrected chi connectivity index (χ1v) is 18.9. The molecular weight excluding hydrogens is 683 g/mol. The predicted molar refractivity (Wildman–Crippen MR) is 230 cm³/mol. The van der Waals surface area contributed by atoms with Crippen LogP contribution in [0.25, 0.3) is 100 Å². The minimum Gasteiger partial charge on any atom is -0.309 e. The SMILES string of the molecule is c1ccc(-c2ccc(-c3ccc(-c4nc(-c5ccccc5)nc(-n5c6ccccc6c6cc7c8ccccc8n(-c8ccccc8)c7cc65)n4)cc3)cc2)cc1. The molecule has 0 amide bonds. The summed E-state index contributed by atoms with van der Waals surface area (Å²) >= 11 is 0. The predicted octanol–water partition coefficient (Wildman–Crippen LogP) is 12.7. The Morgan fingerprint density at radius 1 is 0.268 bits per heavy atom. The van der Waals surface area contributed by atoms with Crippen LogP contribution in [0.15, 0.2) is 200 Å². The van der Waals surface area contributed by atoms with Gasteiger partial charge in [0.05, 0.1) is 22.1 Å². The van der Waals surface area contributed by atoms with E-state index in [9.17, 15) is 0 Å². The number of rotatable bonds is 6. The standard InChI is InChI=1S/C51H33N5/c1-4-14-34(15-5-1)35-24-26-36(27-25-35)37-28-30-39(31-29-37)50-52-49(38-16-6-2-7-17-38)53-51(54-50)56-46-23-13-11-21-42(46)44-32-43-41-20-10-12-22-45(41)55(47(43)33-48(44)56)40-18-8-3-9-19-40/h1-33H. The summed E-state index contributed by atoms with van der Waals surface area (Å²) in [7, 11) is 0. The van der Waals surface area contributed by atoms with Crippen molar-refractivity contribution in [2.24, 2.45) is 0 Å². The Bertz CT molecular complexity index is 3200. The summed E-state index contributed by atoms with van der Waals surface area (Å²) in [6.45, 7) is 0. The lowest BCUT2D eigenvalue weighted by Crippen LogP contribution is -2.06. The van der Waals surface area contributed by atoms with Crippen molar-refractivity contribution < 1.29 is 0 Å². The molecule has 3 aromatic heterocycles. The van der Waals surface area contributed by atoms with Crippen LogP contribution in [-0.2, 0) is 0 Å². The van der Waals surface area contributed by atoms with Gasteiger partial charge in [-0.1, -0.05) is 164 Å². The van der Waals surface area contributed by atoms with Crippen LogP contribution < -0.4 is 0 Å². The van der Waals surface area contributed by atoms with Gasteiger partial charge < -0.3 is 4.57 Å². The Balaban J connectivity index is 1.10. The van der Waals surface area contributed by atoms with E-state index in [1.165, 1.54) is 27.4 Å². The van der Waals surface area contributed by atoms with Crippen LogP contribution in [0.4, 0.5) is 0 Å². The summed E-state index contributed by atoms with van der Waals surface area (Å²) in [6.07, 6.45) is 0. The molecule has 11 rings (SSSR count). The number of benzene rings is 8. The van der Waals surface area contributed by atoms with Gasteiger partial charge in [0.15, 0.2) is 11.6 Å². The normalized spacial score (nSPS) is 11.6. The average molecular weight is 716 g/mol. The molecule has 0 radical (unpaired) electrons. The molecule has 0 aliphatic heterocycles. The van der Waals surface area contributed by atoms with Crippen LogP contribution in [0.3, 0.4) is 0 Å². The number of aromatic nitrogens is 5. The molecule has 5 nitrogen and oxygen atoms in total. The number of para-hydroxylation sites is 3. The summed E-state index contributed by atoms with van der Waals surface area (Å²) in [5.41, 5.74) is 12.0. The first-order chi connectivity index (χ1) is 27.8. The second-order valence-corrected chi connectivity index (χ2v) is 14.1. The van der Waals surface area contributed by atoms with Crippen molar-refractivity contribution in [2.45, 2.75) is 0 Å². The lowest BCUT2D eigenvalue weighted by molar-refractivity contribution is 0.953. The second-order valence-electron chi connectivity index (χ2n) is 14.1. The Morgan fingerprint density at radius 3 is 1.21 bits per heavy atom. The fraction of sp³-hybridized carbons (Fsp3) is 0. The lowest BCUT2D eigenvalue weighted by atomic mass is 9.99. The molecule has 3 heterocycles. The van der Waals surface area contributed by atoms with E-state index in [4.69, 9.17) is 15.0 Å². The highest BCUT2D eigenvalue weighted by Crippen LogP contribution is 2.39. The summed E-state index contributed by atoms with van der Waals surface area (Å²) in [6, 6.07) is 70.3. The zero-order valence-corrected chi connectivity index (χ0v) is 30.3. The molecule has 0 saturated carbocycles. The number of hydrogen-bond donors (Lipinski definition) is 0. The van der Waals surface area contributed by atoms with Gasteiger partial charge in [0.2, 0.25) is 5.95 Å². The Labute approximate surface area is 323 Å². The van der Waals surface area contributed by atoms with Gasteiger partial charge in [-0.25, -0.2) is 4.98 Å². The molecule has 262 valence electrons. The zero-order chi connectivity index (χ0) is 37.0. The highest BCUT2D eigenvalue weighted by Gasteiger charge is 2.21. The van der Waals surface area contributed by atoms with Gasteiger partial charge in [0, 0.05) is 38.4 Å². The van der Waals surface area contributed by atoms with Crippen LogP contribution in [-0.4, -0.2) is 24.1 Å². The van der Waals surface area contributed by atoms with Crippen molar-refractivity contribution in [3.05, 3.63) is 200 Å². The first-order valence-electron chi connectivity index (χ1n) is 18.9. The van der Waals surface area contributed by atoms with Gasteiger partial charge in [-0.3, -0.25) is 4.57 Å². The fourth-order valence-electron chi connectivity index (χ4n) is 8.11. The maximum atomic E-state index is 5.26. The average Bonchev–Trinajstić information content (AvgIpc) is 3.78. The van der Waals surface area contributed by atoms with Crippen molar-refractivity contribution in [1.82, 2.24) is 24.1 Å². The highest BCUT2D eigenvalue weighted by atomic mass is 15.2. The molecule has 5 heteroatoms. The van der Waals surface area contributed by atoms with E-state index in [2.05, 4.69) is 185 Å². The summed E-state index contributed by atoms with van der Waals surface area (Å²) in [5, 5.41) is 4.71. The van der Waals surface area contributed by atoms with Gasteiger partial charge in [-0.05, 0) is 58.7 Å². The van der Waals surface area contributed by atoms with Crippen molar-refractivity contribution in [3.63, 3.8) is 0 Å². The lowest BCUT2D eigenvalue weighted by Gasteiger charge is -2.12. The maximum absolute atomic E-state index is 5.26. The molecule has 56 heavy (non-hydrogen) atoms. The van der Waals surface area contributed by atoms with E-state index < -0.39 is 0 Å². The largest absolute Gasteiger partial charge is 0.309 e. The molecule has 0 bridgehead atoms. The monoisotopic (exact) mass is 715 g/mol. The Hall–Kier alpha value is -7.63. The third kappa shape index (κ3) is 5.29. The van der Waals surface area contributed by atoms with Crippen LogP contribution >= 0.6 is 0 Å². The minimum atomic E-state index is 0.572. The van der Waals surface area contributed by atoms with Crippen LogP contribution in [0, 0.1) is 0 Å². The van der Waals surface area contributed by atoms with Crippen molar-refractivity contribution in [3.8, 4) is 56.7 Å². The molecule has 0 saturated heterocycles. The van der Waals surface area contributed by atoms with E-state index in [-0.39, 0.29) is 0 Å². The smallest absolute Gasteiger partial charge is 0.238 e. The molecule has 11 aromatic rings. The third-order valence-electron chi connectivity index (χ3n) is 10.8. The van der Waals surface area contributed by atoms with Gasteiger partial charge in [0.25, 0.3) is 0 Å². The van der Waals surface area contributed by atoms with E-state index in [0.717, 1.165) is 55.3 Å². The third-order valence-corrected chi connectivity index (χ3v) is 10.8.